The number of carbonyl (C=O) groups is 1. The summed E-state index contributed by atoms with van der Waals surface area (Å²) in [6.45, 7) is 3.14. The Labute approximate surface area is 181 Å². The molecule has 0 saturated carbocycles. The summed E-state index contributed by atoms with van der Waals surface area (Å²) in [5, 5.41) is 3.82. The van der Waals surface area contributed by atoms with Crippen LogP contribution in [0.1, 0.15) is 29.0 Å². The third-order valence-corrected chi connectivity index (χ3v) is 5.54. The molecule has 3 aromatic heterocycles. The smallest absolute Gasteiger partial charge is 0.274 e. The maximum absolute atomic E-state index is 12.7. The number of hydrogen-bond donors (Lipinski definition) is 1. The van der Waals surface area contributed by atoms with Gasteiger partial charge in [-0.1, -0.05) is 30.3 Å². The van der Waals surface area contributed by atoms with E-state index in [9.17, 15) is 4.79 Å². The lowest BCUT2D eigenvalue weighted by Gasteiger charge is -2.14. The van der Waals surface area contributed by atoms with E-state index in [0.717, 1.165) is 47.5 Å². The predicted octanol–water partition coefficient (Wildman–Crippen LogP) is 4.54. The van der Waals surface area contributed by atoms with Crippen molar-refractivity contribution >= 4 is 22.5 Å². The summed E-state index contributed by atoms with van der Waals surface area (Å²) in [4.78, 5) is 28.8. The van der Waals surface area contributed by atoms with Crippen LogP contribution in [0.3, 0.4) is 0 Å². The van der Waals surface area contributed by atoms with E-state index in [1.807, 2.05) is 36.4 Å². The van der Waals surface area contributed by atoms with Crippen LogP contribution in [0.25, 0.3) is 22.2 Å². The van der Waals surface area contributed by atoms with E-state index in [-0.39, 0.29) is 5.91 Å². The van der Waals surface area contributed by atoms with Crippen LogP contribution < -0.4 is 5.32 Å². The molecule has 1 amide bonds. The molecule has 4 heterocycles. The number of rotatable bonds is 5. The summed E-state index contributed by atoms with van der Waals surface area (Å²) in [5.74, 6) is -0.263. The van der Waals surface area contributed by atoms with Crippen LogP contribution in [0.15, 0.2) is 73.1 Å². The average molecular weight is 409 g/mol. The number of likely N-dealkylation sites (tertiary alicyclic amines) is 1. The van der Waals surface area contributed by atoms with Gasteiger partial charge in [-0.2, -0.15) is 0 Å². The van der Waals surface area contributed by atoms with Crippen LogP contribution >= 0.6 is 0 Å². The standard InChI is InChI=1S/C25H23N5O/c31-25(28-19-8-5-13-26-16-19)23-12-11-18-6-3-9-21(24(18)29-23)22-10-4-7-20(27-22)17-30-14-1-2-15-30/h3-13,16H,1-2,14-15,17H2,(H,28,31). The number of nitrogens with zero attached hydrogens (tertiary/aromatic N) is 4. The van der Waals surface area contributed by atoms with Gasteiger partial charge in [0, 0.05) is 23.7 Å². The number of fused-ring (bicyclic) bond motifs is 1. The molecule has 6 nitrogen and oxygen atoms in total. The average Bonchev–Trinajstić information content (AvgIpc) is 3.32. The van der Waals surface area contributed by atoms with Crippen molar-refractivity contribution in [3.05, 3.63) is 84.4 Å². The lowest BCUT2D eigenvalue weighted by atomic mass is 10.1. The fourth-order valence-corrected chi connectivity index (χ4v) is 4.00. The highest BCUT2D eigenvalue weighted by Crippen LogP contribution is 2.27. The summed E-state index contributed by atoms with van der Waals surface area (Å²) in [6.07, 6.45) is 5.80. The summed E-state index contributed by atoms with van der Waals surface area (Å²) in [7, 11) is 0. The number of amides is 1. The van der Waals surface area contributed by atoms with Crippen LogP contribution in [0.5, 0.6) is 0 Å². The summed E-state index contributed by atoms with van der Waals surface area (Å²) < 4.78 is 0. The third kappa shape index (κ3) is 4.29. The van der Waals surface area contributed by atoms with Crippen LogP contribution in [0.4, 0.5) is 5.69 Å². The maximum atomic E-state index is 12.7. The Kier molecular flexibility index (Phi) is 5.37. The van der Waals surface area contributed by atoms with Gasteiger partial charge in [0.05, 0.1) is 28.8 Å². The molecule has 1 N–H and O–H groups in total. The molecule has 0 bridgehead atoms. The molecule has 31 heavy (non-hydrogen) atoms. The van der Waals surface area contributed by atoms with Gasteiger partial charge in [0.1, 0.15) is 5.69 Å². The molecule has 1 aliphatic rings. The minimum Gasteiger partial charge on any atom is -0.319 e. The summed E-state index contributed by atoms with van der Waals surface area (Å²) in [6, 6.07) is 19.4. The number of nitrogens with one attached hydrogen (secondary N) is 1. The molecule has 0 aliphatic carbocycles. The van der Waals surface area contributed by atoms with Crippen molar-refractivity contribution in [1.29, 1.82) is 0 Å². The first-order valence-corrected chi connectivity index (χ1v) is 10.6. The molecular formula is C25H23N5O. The van der Waals surface area contributed by atoms with Crippen molar-refractivity contribution in [2.75, 3.05) is 18.4 Å². The van der Waals surface area contributed by atoms with Crippen molar-refractivity contribution in [3.8, 4) is 11.3 Å². The van der Waals surface area contributed by atoms with E-state index in [0.29, 0.717) is 11.4 Å². The SMILES string of the molecule is O=C(Nc1cccnc1)c1ccc2cccc(-c3cccc(CN4CCCC4)n3)c2n1. The Bertz CT molecular complexity index is 1220. The molecular weight excluding hydrogens is 386 g/mol. The van der Waals surface area contributed by atoms with Gasteiger partial charge < -0.3 is 5.32 Å². The van der Waals surface area contributed by atoms with Gasteiger partial charge >= 0.3 is 0 Å². The number of pyridine rings is 3. The highest BCUT2D eigenvalue weighted by molar-refractivity contribution is 6.05. The van der Waals surface area contributed by atoms with Gasteiger partial charge in [0.15, 0.2) is 0 Å². The van der Waals surface area contributed by atoms with Gasteiger partial charge in [-0.15, -0.1) is 0 Å². The summed E-state index contributed by atoms with van der Waals surface area (Å²) >= 11 is 0. The quantitative estimate of drug-likeness (QED) is 0.524. The maximum Gasteiger partial charge on any atom is 0.274 e. The molecule has 0 unspecified atom stereocenters. The van der Waals surface area contributed by atoms with Crippen molar-refractivity contribution in [3.63, 3.8) is 0 Å². The van der Waals surface area contributed by atoms with Gasteiger partial charge in [-0.3, -0.25) is 19.7 Å². The van der Waals surface area contributed by atoms with Crippen LogP contribution in [-0.2, 0) is 6.54 Å². The zero-order chi connectivity index (χ0) is 21.0. The molecule has 154 valence electrons. The first-order chi connectivity index (χ1) is 15.3. The molecule has 0 spiro atoms. The molecule has 5 rings (SSSR count). The van der Waals surface area contributed by atoms with E-state index in [1.165, 1.54) is 12.8 Å². The van der Waals surface area contributed by atoms with E-state index in [2.05, 4.69) is 21.3 Å². The fraction of sp³-hybridized carbons (Fsp3) is 0.200. The second-order valence-corrected chi connectivity index (χ2v) is 7.77. The van der Waals surface area contributed by atoms with E-state index in [1.54, 1.807) is 30.6 Å². The zero-order valence-corrected chi connectivity index (χ0v) is 17.2. The molecule has 6 heteroatoms. The van der Waals surface area contributed by atoms with Crippen LogP contribution in [0, 0.1) is 0 Å². The second kappa shape index (κ2) is 8.62. The van der Waals surface area contributed by atoms with Crippen molar-refractivity contribution < 1.29 is 4.79 Å². The number of anilines is 1. The summed E-state index contributed by atoms with van der Waals surface area (Å²) in [5.41, 5.74) is 4.63. The fourth-order valence-electron chi connectivity index (χ4n) is 4.00. The molecule has 0 atom stereocenters. The van der Waals surface area contributed by atoms with Crippen LogP contribution in [-0.4, -0.2) is 38.8 Å². The van der Waals surface area contributed by atoms with E-state index in [4.69, 9.17) is 9.97 Å². The minimum atomic E-state index is -0.263. The predicted molar refractivity (Wildman–Crippen MR) is 122 cm³/mol. The number of hydrogen-bond acceptors (Lipinski definition) is 5. The largest absolute Gasteiger partial charge is 0.319 e. The number of benzene rings is 1. The van der Waals surface area contributed by atoms with Crippen molar-refractivity contribution in [2.45, 2.75) is 19.4 Å². The Hall–Kier alpha value is -3.64. The van der Waals surface area contributed by atoms with Crippen LogP contribution in [0.2, 0.25) is 0 Å². The monoisotopic (exact) mass is 409 g/mol. The van der Waals surface area contributed by atoms with Gasteiger partial charge in [0.2, 0.25) is 0 Å². The zero-order valence-electron chi connectivity index (χ0n) is 17.2. The van der Waals surface area contributed by atoms with Gasteiger partial charge in [0.25, 0.3) is 5.91 Å². The highest BCUT2D eigenvalue weighted by atomic mass is 16.1. The lowest BCUT2D eigenvalue weighted by molar-refractivity contribution is 0.102. The molecule has 1 saturated heterocycles. The molecule has 1 aromatic carbocycles. The van der Waals surface area contributed by atoms with Crippen molar-refractivity contribution in [1.82, 2.24) is 19.9 Å². The Morgan fingerprint density at radius 3 is 2.65 bits per heavy atom. The van der Waals surface area contributed by atoms with Gasteiger partial charge in [-0.25, -0.2) is 4.98 Å². The number of carbonyl (C=O) groups excluding carboxylic acids is 1. The second-order valence-electron chi connectivity index (χ2n) is 7.77. The lowest BCUT2D eigenvalue weighted by Crippen LogP contribution is -2.19. The first-order valence-electron chi connectivity index (χ1n) is 10.6. The molecule has 0 radical (unpaired) electrons. The normalized spacial score (nSPS) is 14.1. The minimum absolute atomic E-state index is 0.263. The number of para-hydroxylation sites is 1. The van der Waals surface area contributed by atoms with E-state index < -0.39 is 0 Å². The Morgan fingerprint density at radius 2 is 1.81 bits per heavy atom. The Morgan fingerprint density at radius 1 is 0.935 bits per heavy atom. The molecule has 1 fully saturated rings. The highest BCUT2D eigenvalue weighted by Gasteiger charge is 2.15. The topological polar surface area (TPSA) is 71.0 Å². The first kappa shape index (κ1) is 19.3. The number of aromatic nitrogens is 3. The molecule has 1 aliphatic heterocycles. The van der Waals surface area contributed by atoms with Gasteiger partial charge in [-0.05, 0) is 56.3 Å². The Balaban J connectivity index is 1.48. The van der Waals surface area contributed by atoms with Crippen molar-refractivity contribution in [2.24, 2.45) is 0 Å². The molecule has 4 aromatic rings. The third-order valence-electron chi connectivity index (χ3n) is 5.54. The van der Waals surface area contributed by atoms with E-state index >= 15 is 0 Å².